The normalized spacial score (nSPS) is 14.6. The van der Waals surface area contributed by atoms with Crippen molar-refractivity contribution in [3.8, 4) is 0 Å². The molecule has 1 amide bonds. The molecule has 0 spiro atoms. The minimum absolute atomic E-state index is 0.130. The first-order valence-electron chi connectivity index (χ1n) is 7.74. The number of pyridine rings is 1. The lowest BCUT2D eigenvalue weighted by atomic mass is 10.2. The van der Waals surface area contributed by atoms with Gasteiger partial charge in [-0.05, 0) is 43.2 Å². The lowest BCUT2D eigenvalue weighted by Crippen LogP contribution is -2.28. The van der Waals surface area contributed by atoms with E-state index in [2.05, 4.69) is 10.3 Å². The summed E-state index contributed by atoms with van der Waals surface area (Å²) >= 11 is 5.60. The summed E-state index contributed by atoms with van der Waals surface area (Å²) in [5, 5.41) is 2.47. The van der Waals surface area contributed by atoms with Crippen LogP contribution in [0.4, 0.5) is 24.5 Å². The molecule has 1 aliphatic heterocycles. The van der Waals surface area contributed by atoms with Gasteiger partial charge in [0.1, 0.15) is 5.69 Å². The third kappa shape index (κ3) is 4.04. The summed E-state index contributed by atoms with van der Waals surface area (Å²) in [6.07, 6.45) is -1.13. The van der Waals surface area contributed by atoms with E-state index in [1.54, 1.807) is 17.0 Å². The van der Waals surface area contributed by atoms with E-state index in [1.165, 1.54) is 18.3 Å². The third-order valence-electron chi connectivity index (χ3n) is 3.94. The Morgan fingerprint density at radius 2 is 1.80 bits per heavy atom. The molecule has 0 unspecified atom stereocenters. The summed E-state index contributed by atoms with van der Waals surface area (Å²) in [5.74, 6) is -0.130. The van der Waals surface area contributed by atoms with Crippen LogP contribution >= 0.6 is 11.6 Å². The van der Waals surface area contributed by atoms with Crippen LogP contribution < -0.4 is 5.32 Å². The highest BCUT2D eigenvalue weighted by molar-refractivity contribution is 6.31. The predicted octanol–water partition coefficient (Wildman–Crippen LogP) is 4.73. The first kappa shape index (κ1) is 17.5. The van der Waals surface area contributed by atoms with Gasteiger partial charge in [0.2, 0.25) is 0 Å². The van der Waals surface area contributed by atoms with E-state index < -0.39 is 11.7 Å². The van der Waals surface area contributed by atoms with Gasteiger partial charge in [0.25, 0.3) is 5.91 Å². The van der Waals surface area contributed by atoms with Gasteiger partial charge < -0.3 is 10.2 Å². The number of halogens is 4. The Labute approximate surface area is 147 Å². The molecule has 0 bridgehead atoms. The molecule has 4 nitrogen and oxygen atoms in total. The monoisotopic (exact) mass is 369 g/mol. The van der Waals surface area contributed by atoms with Crippen molar-refractivity contribution in [3.63, 3.8) is 0 Å². The fraction of sp³-hybridized carbons (Fsp3) is 0.294. The molecule has 0 aliphatic carbocycles. The van der Waals surface area contributed by atoms with Crippen LogP contribution in [-0.4, -0.2) is 28.9 Å². The Morgan fingerprint density at radius 3 is 2.40 bits per heavy atom. The quantitative estimate of drug-likeness (QED) is 0.850. The smallest absolute Gasteiger partial charge is 0.354 e. The molecule has 1 fully saturated rings. The van der Waals surface area contributed by atoms with E-state index in [4.69, 9.17) is 11.6 Å². The number of anilines is 2. The lowest BCUT2D eigenvalue weighted by Gasteiger charge is -2.15. The first-order chi connectivity index (χ1) is 11.8. The highest BCUT2D eigenvalue weighted by atomic mass is 35.5. The molecule has 2 heterocycles. The lowest BCUT2D eigenvalue weighted by molar-refractivity contribution is -0.137. The molecule has 8 heteroatoms. The number of likely N-dealkylation sites (tertiary alicyclic amines) is 1. The molecule has 2 aromatic rings. The molecule has 1 N–H and O–H groups in total. The fourth-order valence-electron chi connectivity index (χ4n) is 2.66. The van der Waals surface area contributed by atoms with Gasteiger partial charge in [-0.1, -0.05) is 11.6 Å². The van der Waals surface area contributed by atoms with Crippen LogP contribution in [0.1, 0.15) is 28.9 Å². The number of nitrogens with one attached hydrogen (secondary N) is 1. The molecular weight excluding hydrogens is 355 g/mol. The van der Waals surface area contributed by atoms with E-state index in [9.17, 15) is 18.0 Å². The van der Waals surface area contributed by atoms with Crippen molar-refractivity contribution in [3.05, 3.63) is 52.8 Å². The topological polar surface area (TPSA) is 45.2 Å². The van der Waals surface area contributed by atoms with Crippen molar-refractivity contribution in [1.29, 1.82) is 0 Å². The third-order valence-corrected chi connectivity index (χ3v) is 4.27. The van der Waals surface area contributed by atoms with Crippen molar-refractivity contribution in [2.24, 2.45) is 0 Å². The minimum atomic E-state index is -4.53. The van der Waals surface area contributed by atoms with E-state index in [0.29, 0.717) is 11.4 Å². The van der Waals surface area contributed by atoms with Crippen LogP contribution in [-0.2, 0) is 6.18 Å². The molecule has 132 valence electrons. The van der Waals surface area contributed by atoms with Crippen LogP contribution in [0.3, 0.4) is 0 Å². The highest BCUT2D eigenvalue weighted by Crippen LogP contribution is 2.36. The Kier molecular flexibility index (Phi) is 4.85. The second-order valence-corrected chi connectivity index (χ2v) is 6.16. The van der Waals surface area contributed by atoms with Gasteiger partial charge in [-0.3, -0.25) is 4.79 Å². The zero-order valence-electron chi connectivity index (χ0n) is 13.1. The molecular formula is C17H15ClF3N3O. The van der Waals surface area contributed by atoms with Crippen LogP contribution in [0.25, 0.3) is 0 Å². The zero-order chi connectivity index (χ0) is 18.0. The standard InChI is InChI=1S/C17H15ClF3N3O/c18-14-5-3-11(9-13(14)17(19,20)21)23-12-4-6-15(22-10-12)16(25)24-7-1-2-8-24/h3-6,9-10,23H,1-2,7-8H2. The second-order valence-electron chi connectivity index (χ2n) is 5.75. The van der Waals surface area contributed by atoms with Gasteiger partial charge in [-0.25, -0.2) is 4.98 Å². The number of hydrogen-bond acceptors (Lipinski definition) is 3. The van der Waals surface area contributed by atoms with Gasteiger partial charge in [-0.15, -0.1) is 0 Å². The van der Waals surface area contributed by atoms with Gasteiger partial charge in [0, 0.05) is 18.8 Å². The summed E-state index contributed by atoms with van der Waals surface area (Å²) in [5.41, 5.74) is 0.123. The van der Waals surface area contributed by atoms with Gasteiger partial charge in [0.05, 0.1) is 22.5 Å². The van der Waals surface area contributed by atoms with Crippen molar-refractivity contribution < 1.29 is 18.0 Å². The number of amides is 1. The predicted molar refractivity (Wildman–Crippen MR) is 89.1 cm³/mol. The van der Waals surface area contributed by atoms with E-state index in [0.717, 1.165) is 32.0 Å². The molecule has 0 saturated carbocycles. The summed E-state index contributed by atoms with van der Waals surface area (Å²) in [7, 11) is 0. The van der Waals surface area contributed by atoms with Gasteiger partial charge in [0.15, 0.2) is 0 Å². The molecule has 1 aromatic carbocycles. The average molecular weight is 370 g/mol. The molecule has 1 aromatic heterocycles. The molecule has 0 radical (unpaired) electrons. The van der Waals surface area contributed by atoms with Crippen LogP contribution in [0, 0.1) is 0 Å². The van der Waals surface area contributed by atoms with Crippen LogP contribution in [0.2, 0.25) is 5.02 Å². The van der Waals surface area contributed by atoms with Crippen LogP contribution in [0.5, 0.6) is 0 Å². The minimum Gasteiger partial charge on any atom is -0.354 e. The van der Waals surface area contributed by atoms with E-state index >= 15 is 0 Å². The summed E-state index contributed by atoms with van der Waals surface area (Å²) in [4.78, 5) is 18.1. The van der Waals surface area contributed by atoms with E-state index in [1.807, 2.05) is 0 Å². The molecule has 1 aliphatic rings. The number of benzene rings is 1. The average Bonchev–Trinajstić information content (AvgIpc) is 3.10. The maximum absolute atomic E-state index is 12.9. The summed E-state index contributed by atoms with van der Waals surface area (Å²) < 4.78 is 38.7. The van der Waals surface area contributed by atoms with E-state index in [-0.39, 0.29) is 16.6 Å². The number of alkyl halides is 3. The number of aromatic nitrogens is 1. The van der Waals surface area contributed by atoms with Gasteiger partial charge >= 0.3 is 6.18 Å². The maximum atomic E-state index is 12.9. The zero-order valence-corrected chi connectivity index (χ0v) is 13.9. The molecule has 1 saturated heterocycles. The van der Waals surface area contributed by atoms with Gasteiger partial charge in [-0.2, -0.15) is 13.2 Å². The van der Waals surface area contributed by atoms with Crippen LogP contribution in [0.15, 0.2) is 36.5 Å². The number of carbonyl (C=O) groups excluding carboxylic acids is 1. The Hall–Kier alpha value is -2.28. The Balaban J connectivity index is 1.74. The second kappa shape index (κ2) is 6.92. The Bertz CT molecular complexity index is 772. The molecule has 25 heavy (non-hydrogen) atoms. The largest absolute Gasteiger partial charge is 0.417 e. The highest BCUT2D eigenvalue weighted by Gasteiger charge is 2.33. The number of carbonyl (C=O) groups is 1. The fourth-order valence-corrected chi connectivity index (χ4v) is 2.89. The van der Waals surface area contributed by atoms with Crippen molar-refractivity contribution in [2.45, 2.75) is 19.0 Å². The first-order valence-corrected chi connectivity index (χ1v) is 8.11. The molecule has 3 rings (SSSR count). The summed E-state index contributed by atoms with van der Waals surface area (Å²) in [6, 6.07) is 6.74. The number of nitrogens with zero attached hydrogens (tertiary/aromatic N) is 2. The number of rotatable bonds is 3. The Morgan fingerprint density at radius 1 is 1.12 bits per heavy atom. The van der Waals surface area contributed by atoms with Crippen molar-refractivity contribution in [2.75, 3.05) is 18.4 Å². The SMILES string of the molecule is O=C(c1ccc(Nc2ccc(Cl)c(C(F)(F)F)c2)cn1)N1CCCC1. The van der Waals surface area contributed by atoms with Crippen molar-refractivity contribution >= 4 is 28.9 Å². The summed E-state index contributed by atoms with van der Waals surface area (Å²) in [6.45, 7) is 1.46. The number of hydrogen-bond donors (Lipinski definition) is 1. The maximum Gasteiger partial charge on any atom is 0.417 e. The van der Waals surface area contributed by atoms with Crippen molar-refractivity contribution in [1.82, 2.24) is 9.88 Å². The molecule has 0 atom stereocenters.